The molecule has 2 aromatic carbocycles. The average molecular weight is 358 g/mol. The number of nitrogens with one attached hydrogen (secondary N) is 1. The molecule has 0 saturated carbocycles. The molecule has 8 heteroatoms. The number of aromatic nitrogens is 1. The second-order valence-corrected chi connectivity index (χ2v) is 5.52. The Kier molecular flexibility index (Phi) is 4.83. The van der Waals surface area contributed by atoms with Crippen LogP contribution in [0.25, 0.3) is 11.1 Å². The number of fused-ring (bicyclic) bond motifs is 1. The zero-order chi connectivity index (χ0) is 18.7. The van der Waals surface area contributed by atoms with Crippen molar-refractivity contribution in [2.24, 2.45) is 0 Å². The predicted octanol–water partition coefficient (Wildman–Crippen LogP) is 2.30. The first-order chi connectivity index (χ1) is 12.5. The highest BCUT2D eigenvalue weighted by Gasteiger charge is 2.20. The molecule has 0 unspecified atom stereocenters. The average Bonchev–Trinajstić information content (AvgIpc) is 2.92. The molecule has 26 heavy (non-hydrogen) atoms. The number of esters is 1. The molecule has 0 saturated heterocycles. The number of oxazole rings is 1. The summed E-state index contributed by atoms with van der Waals surface area (Å²) in [5.41, 5.74) is 0.769. The van der Waals surface area contributed by atoms with Gasteiger partial charge in [-0.3, -0.25) is 14.2 Å². The van der Waals surface area contributed by atoms with E-state index in [4.69, 9.17) is 9.15 Å². The van der Waals surface area contributed by atoms with Crippen LogP contribution in [0.2, 0.25) is 0 Å². The van der Waals surface area contributed by atoms with Crippen molar-refractivity contribution in [3.8, 4) is 0 Å². The van der Waals surface area contributed by atoms with Gasteiger partial charge in [0, 0.05) is 0 Å². The number of ether oxygens (including phenoxy) is 1. The van der Waals surface area contributed by atoms with Gasteiger partial charge in [-0.15, -0.1) is 0 Å². The number of hydrogen-bond donors (Lipinski definition) is 1. The first-order valence-corrected chi connectivity index (χ1v) is 7.79. The predicted molar refractivity (Wildman–Crippen MR) is 91.1 cm³/mol. The first kappa shape index (κ1) is 17.4. The van der Waals surface area contributed by atoms with Crippen LogP contribution < -0.4 is 11.1 Å². The smallest absolute Gasteiger partial charge is 0.420 e. The van der Waals surface area contributed by atoms with Gasteiger partial charge in [0.1, 0.15) is 12.4 Å². The quantitative estimate of drug-likeness (QED) is 0.707. The van der Waals surface area contributed by atoms with E-state index in [9.17, 15) is 18.8 Å². The maximum Gasteiger partial charge on any atom is 0.420 e. The number of benzene rings is 2. The van der Waals surface area contributed by atoms with Crippen LogP contribution in [0, 0.1) is 5.82 Å². The van der Waals surface area contributed by atoms with Crippen molar-refractivity contribution in [2.75, 3.05) is 5.32 Å². The highest BCUT2D eigenvalue weighted by Crippen LogP contribution is 2.14. The lowest BCUT2D eigenvalue weighted by Gasteiger charge is -2.14. The van der Waals surface area contributed by atoms with Crippen LogP contribution in [0.5, 0.6) is 0 Å². The van der Waals surface area contributed by atoms with Crippen molar-refractivity contribution >= 4 is 28.7 Å². The molecule has 3 aromatic rings. The summed E-state index contributed by atoms with van der Waals surface area (Å²) in [7, 11) is 0. The van der Waals surface area contributed by atoms with E-state index in [0.717, 1.165) is 4.57 Å². The molecule has 0 spiro atoms. The number of hydrogen-bond acceptors (Lipinski definition) is 5. The van der Waals surface area contributed by atoms with E-state index in [2.05, 4.69) is 5.32 Å². The normalized spacial score (nSPS) is 11.9. The third-order valence-electron chi connectivity index (χ3n) is 3.67. The van der Waals surface area contributed by atoms with E-state index < -0.39 is 36.1 Å². The second kappa shape index (κ2) is 7.22. The largest absolute Gasteiger partial charge is 0.451 e. The highest BCUT2D eigenvalue weighted by molar-refractivity contribution is 5.95. The van der Waals surface area contributed by atoms with E-state index >= 15 is 0 Å². The van der Waals surface area contributed by atoms with Gasteiger partial charge in [-0.2, -0.15) is 0 Å². The Labute approximate surface area is 147 Å². The summed E-state index contributed by atoms with van der Waals surface area (Å²) in [4.78, 5) is 35.9. The first-order valence-electron chi connectivity index (χ1n) is 7.79. The minimum Gasteiger partial charge on any atom is -0.451 e. The van der Waals surface area contributed by atoms with E-state index in [-0.39, 0.29) is 5.69 Å². The summed E-state index contributed by atoms with van der Waals surface area (Å²) in [6, 6.07) is 12.3. The molecule has 7 nitrogen and oxygen atoms in total. The summed E-state index contributed by atoms with van der Waals surface area (Å²) in [5, 5.41) is 2.34. The lowest BCUT2D eigenvalue weighted by atomic mass is 10.3. The van der Waals surface area contributed by atoms with E-state index in [1.165, 1.54) is 25.1 Å². The van der Waals surface area contributed by atoms with Crippen LogP contribution in [0.4, 0.5) is 10.1 Å². The minimum atomic E-state index is -1.17. The Morgan fingerprint density at radius 2 is 1.88 bits per heavy atom. The molecule has 1 aromatic heterocycles. The Bertz CT molecular complexity index is 1020. The number of carbonyl (C=O) groups excluding carboxylic acids is 2. The Morgan fingerprint density at radius 1 is 1.19 bits per heavy atom. The van der Waals surface area contributed by atoms with Gasteiger partial charge >= 0.3 is 11.7 Å². The highest BCUT2D eigenvalue weighted by atomic mass is 19.1. The molecule has 0 fully saturated rings. The van der Waals surface area contributed by atoms with Crippen molar-refractivity contribution < 1.29 is 23.1 Å². The second-order valence-electron chi connectivity index (χ2n) is 5.52. The van der Waals surface area contributed by atoms with Crippen molar-refractivity contribution in [3.05, 3.63) is 64.9 Å². The molecule has 1 atom stereocenters. The standard InChI is InChI=1S/C18H15FN2O5/c1-11(17(23)20-13-7-3-2-6-12(13)19)25-16(22)10-21-14-8-4-5-9-15(14)26-18(21)24/h2-9,11H,10H2,1H3,(H,20,23)/t11-/m1/s1. The van der Waals surface area contributed by atoms with E-state index in [0.29, 0.717) is 11.1 Å². The monoisotopic (exact) mass is 358 g/mol. The number of carbonyl (C=O) groups is 2. The summed E-state index contributed by atoms with van der Waals surface area (Å²) in [5.74, 6) is -2.79. The van der Waals surface area contributed by atoms with Gasteiger partial charge in [0.2, 0.25) is 0 Å². The molecule has 1 N–H and O–H groups in total. The van der Waals surface area contributed by atoms with Gasteiger partial charge < -0.3 is 14.5 Å². The van der Waals surface area contributed by atoms with Crippen molar-refractivity contribution in [1.29, 1.82) is 0 Å². The van der Waals surface area contributed by atoms with Crippen molar-refractivity contribution in [2.45, 2.75) is 19.6 Å². The molecule has 0 aliphatic carbocycles. The lowest BCUT2D eigenvalue weighted by molar-refractivity contribution is -0.153. The lowest BCUT2D eigenvalue weighted by Crippen LogP contribution is -2.32. The van der Waals surface area contributed by atoms with Crippen LogP contribution >= 0.6 is 0 Å². The molecular formula is C18H15FN2O5. The zero-order valence-electron chi connectivity index (χ0n) is 13.8. The van der Waals surface area contributed by atoms with Gasteiger partial charge in [0.05, 0.1) is 11.2 Å². The van der Waals surface area contributed by atoms with Gasteiger partial charge in [-0.1, -0.05) is 24.3 Å². The fraction of sp³-hybridized carbons (Fsp3) is 0.167. The van der Waals surface area contributed by atoms with Crippen LogP contribution in [0.3, 0.4) is 0 Å². The van der Waals surface area contributed by atoms with E-state index in [1.54, 1.807) is 30.3 Å². The summed E-state index contributed by atoms with van der Waals surface area (Å²) < 4.78 is 24.7. The van der Waals surface area contributed by atoms with Crippen LogP contribution in [0.1, 0.15) is 6.92 Å². The van der Waals surface area contributed by atoms with Gasteiger partial charge in [0.25, 0.3) is 5.91 Å². The SMILES string of the molecule is C[C@@H](OC(=O)Cn1c(=O)oc2ccccc21)C(=O)Nc1ccccc1F. The van der Waals surface area contributed by atoms with Gasteiger partial charge in [-0.25, -0.2) is 9.18 Å². The molecule has 1 heterocycles. The molecule has 3 rings (SSSR count). The fourth-order valence-corrected chi connectivity index (χ4v) is 2.38. The zero-order valence-corrected chi connectivity index (χ0v) is 13.8. The van der Waals surface area contributed by atoms with Gasteiger partial charge in [0.15, 0.2) is 11.7 Å². The van der Waals surface area contributed by atoms with Crippen molar-refractivity contribution in [1.82, 2.24) is 4.57 Å². The van der Waals surface area contributed by atoms with Crippen LogP contribution in [-0.4, -0.2) is 22.5 Å². The molecule has 0 aliphatic rings. The summed E-state index contributed by atoms with van der Waals surface area (Å²) in [6.07, 6.45) is -1.17. The maximum absolute atomic E-state index is 13.5. The molecule has 0 radical (unpaired) electrons. The Hall–Kier alpha value is -3.42. The number of nitrogens with zero attached hydrogens (tertiary/aromatic N) is 1. The number of halogens is 1. The van der Waals surface area contributed by atoms with Gasteiger partial charge in [-0.05, 0) is 31.2 Å². The van der Waals surface area contributed by atoms with Crippen LogP contribution in [-0.2, 0) is 20.9 Å². The molecule has 0 aliphatic heterocycles. The van der Waals surface area contributed by atoms with Crippen LogP contribution in [0.15, 0.2) is 57.7 Å². The number of rotatable bonds is 5. The third-order valence-corrected chi connectivity index (χ3v) is 3.67. The molecule has 1 amide bonds. The summed E-state index contributed by atoms with van der Waals surface area (Å²) in [6.45, 7) is 0.942. The third kappa shape index (κ3) is 3.64. The maximum atomic E-state index is 13.5. The molecule has 0 bridgehead atoms. The topological polar surface area (TPSA) is 90.5 Å². The number of amides is 1. The Balaban J connectivity index is 1.65. The molecule has 134 valence electrons. The summed E-state index contributed by atoms with van der Waals surface area (Å²) >= 11 is 0. The fourth-order valence-electron chi connectivity index (χ4n) is 2.38. The van der Waals surface area contributed by atoms with E-state index in [1.807, 2.05) is 0 Å². The molecular weight excluding hydrogens is 343 g/mol. The Morgan fingerprint density at radius 3 is 2.65 bits per heavy atom. The minimum absolute atomic E-state index is 0.0163. The number of anilines is 1. The number of para-hydroxylation sites is 3. The van der Waals surface area contributed by atoms with Crippen molar-refractivity contribution in [3.63, 3.8) is 0 Å².